The van der Waals surface area contributed by atoms with Gasteiger partial charge in [-0.2, -0.15) is 18.7 Å². The van der Waals surface area contributed by atoms with Gasteiger partial charge in [-0.1, -0.05) is 83.4 Å². The zero-order valence-corrected chi connectivity index (χ0v) is 31.6. The van der Waals surface area contributed by atoms with Crippen molar-refractivity contribution < 1.29 is 32.4 Å². The highest BCUT2D eigenvalue weighted by molar-refractivity contribution is 9.10. The van der Waals surface area contributed by atoms with Gasteiger partial charge in [-0.05, 0) is 86.6 Å². The van der Waals surface area contributed by atoms with Crippen LogP contribution in [0.15, 0.2) is 94.2 Å². The molecule has 6 rings (SSSR count). The summed E-state index contributed by atoms with van der Waals surface area (Å²) in [6.45, 7) is 2.44. The topological polar surface area (TPSA) is 147 Å². The first-order valence-corrected chi connectivity index (χ1v) is 18.9. The maximum atomic E-state index is 12.6. The van der Waals surface area contributed by atoms with Crippen molar-refractivity contribution >= 4 is 60.9 Å². The second kappa shape index (κ2) is 20.0. The number of unbranched alkanes of at least 4 members (excludes halogenated alkanes) is 3. The second-order valence-electron chi connectivity index (χ2n) is 12.5. The number of aromatic amines is 1. The molecular weight excluding hydrogens is 775 g/mol. The van der Waals surface area contributed by atoms with Gasteiger partial charge in [0, 0.05) is 22.6 Å². The monoisotopic (exact) mass is 817 g/mol. The molecule has 4 aromatic rings. The number of carbonyl (C=O) groups excluding carboxylic acids is 3. The van der Waals surface area contributed by atoms with E-state index in [0.717, 1.165) is 39.7 Å². The first-order valence-electron chi connectivity index (χ1n) is 17.3. The molecule has 15 heteroatoms. The number of benzene rings is 3. The molecule has 2 aliphatic rings. The molecule has 0 radical (unpaired) electrons. The third-order valence-electron chi connectivity index (χ3n) is 8.47. The van der Waals surface area contributed by atoms with Crippen LogP contribution in [0.1, 0.15) is 57.4 Å². The number of allylic oxidation sites excluding steroid dienone is 2. The molecule has 10 nitrogen and oxygen atoms in total. The van der Waals surface area contributed by atoms with Crippen molar-refractivity contribution in [1.82, 2.24) is 15.4 Å². The summed E-state index contributed by atoms with van der Waals surface area (Å²) in [5, 5.41) is 2.65. The number of amides is 3. The quantitative estimate of drug-likeness (QED) is 0.0652. The number of H-pyrrole nitrogens is 1. The maximum Gasteiger partial charge on any atom is 0.416 e. The zero-order chi connectivity index (χ0) is 38.4. The van der Waals surface area contributed by atoms with Gasteiger partial charge in [0.15, 0.2) is 5.75 Å². The van der Waals surface area contributed by atoms with Gasteiger partial charge in [-0.15, -0.1) is 0 Å². The number of likely N-dealkylation sites (tertiary alicyclic amines) is 1. The van der Waals surface area contributed by atoms with Crippen molar-refractivity contribution in [3.05, 3.63) is 105 Å². The van der Waals surface area contributed by atoms with E-state index in [1.165, 1.54) is 47.6 Å². The fourth-order valence-corrected chi connectivity index (χ4v) is 6.84. The smallest absolute Gasteiger partial charge is 0.380 e. The lowest BCUT2D eigenvalue weighted by molar-refractivity contribution is -0.137. The second-order valence-corrected chi connectivity index (χ2v) is 14.5. The van der Waals surface area contributed by atoms with Crippen LogP contribution in [-0.4, -0.2) is 46.7 Å². The maximum absolute atomic E-state index is 12.6. The predicted octanol–water partition coefficient (Wildman–Crippen LogP) is 7.81. The first-order chi connectivity index (χ1) is 25.3. The lowest BCUT2D eigenvalue weighted by Gasteiger charge is -2.22. The summed E-state index contributed by atoms with van der Waals surface area (Å²) >= 11 is 4.56. The molecule has 2 heterocycles. The van der Waals surface area contributed by atoms with Crippen LogP contribution in [0.25, 0.3) is 10.2 Å². The van der Waals surface area contributed by atoms with Gasteiger partial charge in [0.2, 0.25) is 11.8 Å². The normalized spacial score (nSPS) is 17.7. The number of hydrogen-bond donors (Lipinski definition) is 4. The fourth-order valence-electron chi connectivity index (χ4n) is 5.55. The van der Waals surface area contributed by atoms with Gasteiger partial charge < -0.3 is 25.8 Å². The van der Waals surface area contributed by atoms with Gasteiger partial charge in [0.05, 0.1) is 22.3 Å². The third kappa shape index (κ3) is 13.4. The van der Waals surface area contributed by atoms with E-state index < -0.39 is 23.7 Å². The molecule has 1 saturated carbocycles. The van der Waals surface area contributed by atoms with Crippen molar-refractivity contribution in [3.8, 4) is 5.75 Å². The van der Waals surface area contributed by atoms with Crippen molar-refractivity contribution in [3.63, 3.8) is 0 Å². The van der Waals surface area contributed by atoms with E-state index in [1.54, 1.807) is 0 Å². The number of thiazole rings is 1. The van der Waals surface area contributed by atoms with E-state index in [4.69, 9.17) is 10.6 Å². The number of nitrogens with one attached hydrogen (secondary N) is 3. The number of aromatic nitrogens is 1. The van der Waals surface area contributed by atoms with Crippen LogP contribution in [0.4, 0.5) is 18.9 Å². The molecule has 0 bridgehead atoms. The van der Waals surface area contributed by atoms with Crippen LogP contribution in [0.2, 0.25) is 0 Å². The Bertz CT molecular complexity index is 1900. The number of hydroxylamine groups is 1. The lowest BCUT2D eigenvalue weighted by Crippen LogP contribution is -2.45. The number of rotatable bonds is 12. The molecular formula is C38H43BrF3N5O5S. The van der Waals surface area contributed by atoms with Crippen molar-refractivity contribution in [2.24, 2.45) is 17.6 Å². The Hall–Kier alpha value is -4.63. The molecule has 1 aliphatic heterocycles. The highest BCUT2D eigenvalue weighted by Crippen LogP contribution is 2.40. The minimum atomic E-state index is -4.44. The number of alkyl halides is 3. The number of halogens is 4. The summed E-state index contributed by atoms with van der Waals surface area (Å²) in [4.78, 5) is 55.3. The number of para-hydroxylation sites is 1. The van der Waals surface area contributed by atoms with Gasteiger partial charge in [-0.25, -0.2) is 0 Å². The van der Waals surface area contributed by atoms with Crippen LogP contribution in [0.5, 0.6) is 5.75 Å². The summed E-state index contributed by atoms with van der Waals surface area (Å²) in [6.07, 6.45) is 7.00. The summed E-state index contributed by atoms with van der Waals surface area (Å²) < 4.78 is 39.8. The molecule has 3 amide bonds. The van der Waals surface area contributed by atoms with Crippen molar-refractivity contribution in [2.45, 2.75) is 64.1 Å². The average molecular weight is 819 g/mol. The zero-order valence-electron chi connectivity index (χ0n) is 29.2. The molecule has 3 aromatic carbocycles. The Kier molecular flexibility index (Phi) is 15.5. The number of anilines is 1. The highest BCUT2D eigenvalue weighted by Gasteiger charge is 2.41. The summed E-state index contributed by atoms with van der Waals surface area (Å²) in [7, 11) is 0. The highest BCUT2D eigenvalue weighted by atomic mass is 79.9. The fraction of sp³-hybridized carbons (Fsp3) is 0.368. The molecule has 1 saturated heterocycles. The molecule has 3 atom stereocenters. The van der Waals surface area contributed by atoms with Gasteiger partial charge in [0.1, 0.15) is 6.04 Å². The van der Waals surface area contributed by atoms with Gasteiger partial charge in [0.25, 0.3) is 5.91 Å². The molecule has 53 heavy (non-hydrogen) atoms. The Balaban J connectivity index is 0.000000186. The molecule has 5 N–H and O–H groups in total. The average Bonchev–Trinajstić information content (AvgIpc) is 3.54. The predicted molar refractivity (Wildman–Crippen MR) is 204 cm³/mol. The van der Waals surface area contributed by atoms with Crippen LogP contribution >= 0.6 is 27.3 Å². The van der Waals surface area contributed by atoms with E-state index in [1.807, 2.05) is 48.5 Å². The standard InChI is InChI=1S/C17H23NO2.C14H16F3N3O2.C7H4BrNOS/c1-2-3-4-5-7-10-14-13-16(14)17(19)18-20-15-11-8-6-9-12-15;15-14(16,17)9-3-1-4-10(7-9)19-8-12(21)20-6-2-5-11(20)13(18)22;8-4-1-2-5-6(3-4)11-7(10)9-5/h6-12,14,16H,2-5,13H2,1H3,(H,18,19);1,3-4,7,11,19H,2,5-6,8H2,(H2,18,22);1-3H,(H,9,10)/b10-7-;;. The largest absolute Gasteiger partial charge is 0.416 e. The summed E-state index contributed by atoms with van der Waals surface area (Å²) in [6, 6.07) is 19.0. The third-order valence-corrected chi connectivity index (χ3v) is 9.80. The summed E-state index contributed by atoms with van der Waals surface area (Å²) in [5.41, 5.74) is 8.06. The Morgan fingerprint density at radius 2 is 1.85 bits per heavy atom. The lowest BCUT2D eigenvalue weighted by atomic mass is 10.2. The molecule has 1 aromatic heterocycles. The van der Waals surface area contributed by atoms with Crippen molar-refractivity contribution in [1.29, 1.82) is 0 Å². The Morgan fingerprint density at radius 3 is 2.57 bits per heavy atom. The van der Waals surface area contributed by atoms with Crippen molar-refractivity contribution in [2.75, 3.05) is 18.4 Å². The van der Waals surface area contributed by atoms with Crippen LogP contribution in [0, 0.1) is 11.8 Å². The van der Waals surface area contributed by atoms with Gasteiger partial charge in [-0.3, -0.25) is 19.2 Å². The number of fused-ring (bicyclic) bond motifs is 1. The molecule has 2 fully saturated rings. The van der Waals surface area contributed by atoms with Gasteiger partial charge >= 0.3 is 11.0 Å². The number of hydrogen-bond acceptors (Lipinski definition) is 7. The summed E-state index contributed by atoms with van der Waals surface area (Å²) in [5.74, 6) is 0.200. The molecule has 0 spiro atoms. The molecule has 3 unspecified atom stereocenters. The van der Waals surface area contributed by atoms with Crippen LogP contribution < -0.4 is 26.2 Å². The number of primary amides is 1. The van der Waals surface area contributed by atoms with E-state index in [2.05, 4.69) is 50.8 Å². The number of nitrogens with zero attached hydrogens (tertiary/aromatic N) is 1. The minimum absolute atomic E-state index is 0.00176. The van der Waals surface area contributed by atoms with E-state index in [0.29, 0.717) is 31.1 Å². The van der Waals surface area contributed by atoms with E-state index in [9.17, 15) is 32.3 Å². The number of nitrogens with two attached hydrogens (primary N) is 1. The Morgan fingerprint density at radius 1 is 1.08 bits per heavy atom. The minimum Gasteiger partial charge on any atom is -0.380 e. The van der Waals surface area contributed by atoms with E-state index >= 15 is 0 Å². The molecule has 284 valence electrons. The van der Waals surface area contributed by atoms with Crippen LogP contribution in [-0.2, 0) is 20.6 Å². The first kappa shape index (κ1) is 41.1. The Labute approximate surface area is 318 Å². The SMILES string of the molecule is CCCCC/C=C\C1CC1C(=O)NOc1ccccc1.NC(=O)C1CCCN1C(=O)CNc1cccc(C(F)(F)F)c1.O=c1[nH]c2ccc(Br)cc2s1. The molecule has 1 aliphatic carbocycles. The van der Waals surface area contributed by atoms with Crippen LogP contribution in [0.3, 0.4) is 0 Å². The number of carbonyl (C=O) groups is 3. The van der Waals surface area contributed by atoms with E-state index in [-0.39, 0.29) is 34.8 Å².